The maximum Gasteiger partial charge on any atom is 0.412 e. The summed E-state index contributed by atoms with van der Waals surface area (Å²) in [6.07, 6.45) is 2.29. The van der Waals surface area contributed by atoms with Crippen LogP contribution in [0, 0.1) is 0 Å². The summed E-state index contributed by atoms with van der Waals surface area (Å²) in [5, 5.41) is 5.43. The van der Waals surface area contributed by atoms with E-state index < -0.39 is 11.7 Å². The zero-order chi connectivity index (χ0) is 19.9. The molecule has 0 saturated carbocycles. The van der Waals surface area contributed by atoms with Crippen molar-refractivity contribution in [3.63, 3.8) is 0 Å². The van der Waals surface area contributed by atoms with E-state index >= 15 is 0 Å². The molecule has 0 saturated heterocycles. The Kier molecular flexibility index (Phi) is 6.70. The molecule has 2 aromatic rings. The zero-order valence-electron chi connectivity index (χ0n) is 15.9. The highest BCUT2D eigenvalue weighted by Gasteiger charge is 2.16. The van der Waals surface area contributed by atoms with Crippen LogP contribution in [0.5, 0.6) is 5.88 Å². The minimum absolute atomic E-state index is 0.170. The first-order chi connectivity index (χ1) is 12.8. The average Bonchev–Trinajstić information content (AvgIpc) is 2.59. The quantitative estimate of drug-likeness (QED) is 0.807. The molecule has 1 heterocycles. The summed E-state index contributed by atoms with van der Waals surface area (Å²) >= 11 is 0. The van der Waals surface area contributed by atoms with E-state index in [0.717, 1.165) is 5.56 Å². The van der Waals surface area contributed by atoms with E-state index in [0.29, 0.717) is 18.2 Å². The Morgan fingerprint density at radius 2 is 1.96 bits per heavy atom. The fraction of sp³-hybridized carbons (Fsp3) is 0.368. The second-order valence-corrected chi connectivity index (χ2v) is 6.69. The molecule has 0 atom stereocenters. The van der Waals surface area contributed by atoms with Crippen molar-refractivity contribution in [1.29, 1.82) is 0 Å². The molecule has 8 nitrogen and oxygen atoms in total. The van der Waals surface area contributed by atoms with Crippen LogP contribution >= 0.6 is 0 Å². The molecule has 0 unspecified atom stereocenters. The summed E-state index contributed by atoms with van der Waals surface area (Å²) in [6.45, 7) is 7.92. The number of hydrogen-bond donors (Lipinski definition) is 2. The lowest BCUT2D eigenvalue weighted by Gasteiger charge is -2.19. The van der Waals surface area contributed by atoms with E-state index in [9.17, 15) is 9.59 Å². The van der Waals surface area contributed by atoms with Crippen molar-refractivity contribution in [3.8, 4) is 5.88 Å². The van der Waals surface area contributed by atoms with Gasteiger partial charge in [-0.2, -0.15) is 0 Å². The van der Waals surface area contributed by atoms with Gasteiger partial charge in [-0.05, 0) is 45.4 Å². The highest BCUT2D eigenvalue weighted by Crippen LogP contribution is 2.14. The number of hydrogen-bond acceptors (Lipinski definition) is 6. The van der Waals surface area contributed by atoms with Crippen molar-refractivity contribution in [3.05, 3.63) is 47.9 Å². The molecule has 8 heteroatoms. The largest absolute Gasteiger partial charge is 0.477 e. The van der Waals surface area contributed by atoms with Gasteiger partial charge in [-0.3, -0.25) is 15.1 Å². The first-order valence-electron chi connectivity index (χ1n) is 8.59. The summed E-state index contributed by atoms with van der Waals surface area (Å²) in [6, 6.07) is 7.12. The van der Waals surface area contributed by atoms with Crippen molar-refractivity contribution >= 4 is 17.7 Å². The summed E-state index contributed by atoms with van der Waals surface area (Å²) in [5.41, 5.74) is 0.983. The van der Waals surface area contributed by atoms with Crippen LogP contribution in [0.4, 0.5) is 10.5 Å². The second-order valence-electron chi connectivity index (χ2n) is 6.69. The number of amides is 2. The van der Waals surface area contributed by atoms with Crippen LogP contribution < -0.4 is 15.4 Å². The first kappa shape index (κ1) is 20.2. The van der Waals surface area contributed by atoms with Crippen LogP contribution in [0.15, 0.2) is 36.7 Å². The number of anilines is 1. The van der Waals surface area contributed by atoms with E-state index in [1.807, 2.05) is 13.0 Å². The predicted molar refractivity (Wildman–Crippen MR) is 101 cm³/mol. The van der Waals surface area contributed by atoms with Gasteiger partial charge in [0.2, 0.25) is 5.88 Å². The molecular formula is C19H24N4O4. The Morgan fingerprint density at radius 3 is 2.67 bits per heavy atom. The minimum atomic E-state index is -0.577. The number of nitrogens with zero attached hydrogens (tertiary/aromatic N) is 2. The first-order valence-corrected chi connectivity index (χ1v) is 8.59. The van der Waals surface area contributed by atoms with Gasteiger partial charge in [-0.15, -0.1) is 0 Å². The van der Waals surface area contributed by atoms with Crippen LogP contribution in [0.1, 0.15) is 43.7 Å². The van der Waals surface area contributed by atoms with Crippen LogP contribution in [0.2, 0.25) is 0 Å². The SMILES string of the molecule is CCOc1cncc(C(=O)NCc2cccc(NC(=O)OC(C)(C)C)c2)n1. The molecule has 0 aliphatic heterocycles. The molecule has 0 aliphatic carbocycles. The van der Waals surface area contributed by atoms with Crippen molar-refractivity contribution in [2.75, 3.05) is 11.9 Å². The fourth-order valence-electron chi connectivity index (χ4n) is 2.13. The van der Waals surface area contributed by atoms with E-state index in [2.05, 4.69) is 20.6 Å². The number of carbonyl (C=O) groups excluding carboxylic acids is 2. The van der Waals surface area contributed by atoms with Gasteiger partial charge < -0.3 is 14.8 Å². The summed E-state index contributed by atoms with van der Waals surface area (Å²) < 4.78 is 10.5. The molecule has 1 aromatic heterocycles. The molecule has 2 rings (SSSR count). The third kappa shape index (κ3) is 6.93. The number of benzene rings is 1. The van der Waals surface area contributed by atoms with Gasteiger partial charge in [0.1, 0.15) is 11.3 Å². The number of aromatic nitrogens is 2. The molecule has 0 radical (unpaired) electrons. The molecule has 2 amide bonds. The number of rotatable bonds is 6. The lowest BCUT2D eigenvalue weighted by Crippen LogP contribution is -2.27. The number of carbonyl (C=O) groups is 2. The Labute approximate surface area is 158 Å². The highest BCUT2D eigenvalue weighted by atomic mass is 16.6. The summed E-state index contributed by atoms with van der Waals surface area (Å²) in [4.78, 5) is 32.1. The van der Waals surface area contributed by atoms with Gasteiger partial charge >= 0.3 is 6.09 Å². The average molecular weight is 372 g/mol. The van der Waals surface area contributed by atoms with Crippen LogP contribution in [0.3, 0.4) is 0 Å². The van der Waals surface area contributed by atoms with Gasteiger partial charge in [0.15, 0.2) is 0 Å². The predicted octanol–water partition coefficient (Wildman–Crippen LogP) is 3.15. The topological polar surface area (TPSA) is 102 Å². The van der Waals surface area contributed by atoms with Crippen molar-refractivity contribution < 1.29 is 19.1 Å². The summed E-state index contributed by atoms with van der Waals surface area (Å²) in [7, 11) is 0. The lowest BCUT2D eigenvalue weighted by atomic mass is 10.2. The fourth-order valence-corrected chi connectivity index (χ4v) is 2.13. The highest BCUT2D eigenvalue weighted by molar-refractivity contribution is 5.92. The van der Waals surface area contributed by atoms with Crippen LogP contribution in [0.25, 0.3) is 0 Å². The Bertz CT molecular complexity index is 802. The van der Waals surface area contributed by atoms with E-state index in [-0.39, 0.29) is 18.1 Å². The maximum atomic E-state index is 12.2. The third-order valence-electron chi connectivity index (χ3n) is 3.16. The normalized spacial score (nSPS) is 10.8. The van der Waals surface area contributed by atoms with Crippen LogP contribution in [-0.4, -0.2) is 34.2 Å². The van der Waals surface area contributed by atoms with Gasteiger partial charge in [0, 0.05) is 12.2 Å². The third-order valence-corrected chi connectivity index (χ3v) is 3.16. The van der Waals surface area contributed by atoms with Crippen molar-refractivity contribution in [2.45, 2.75) is 39.8 Å². The number of nitrogens with one attached hydrogen (secondary N) is 2. The van der Waals surface area contributed by atoms with Crippen molar-refractivity contribution in [2.24, 2.45) is 0 Å². The maximum absolute atomic E-state index is 12.2. The van der Waals surface area contributed by atoms with E-state index in [4.69, 9.17) is 9.47 Å². The number of ether oxygens (including phenoxy) is 2. The Balaban J connectivity index is 1.95. The van der Waals surface area contributed by atoms with Gasteiger partial charge in [-0.25, -0.2) is 9.78 Å². The Hall–Kier alpha value is -3.16. The monoisotopic (exact) mass is 372 g/mol. The van der Waals surface area contributed by atoms with Gasteiger partial charge in [-0.1, -0.05) is 12.1 Å². The molecular weight excluding hydrogens is 348 g/mol. The second kappa shape index (κ2) is 8.98. The Morgan fingerprint density at radius 1 is 1.19 bits per heavy atom. The van der Waals surface area contributed by atoms with Crippen LogP contribution in [-0.2, 0) is 11.3 Å². The molecule has 0 bridgehead atoms. The molecule has 2 N–H and O–H groups in total. The van der Waals surface area contributed by atoms with Crippen molar-refractivity contribution in [1.82, 2.24) is 15.3 Å². The molecule has 0 fully saturated rings. The van der Waals surface area contributed by atoms with E-state index in [1.165, 1.54) is 12.4 Å². The zero-order valence-corrected chi connectivity index (χ0v) is 15.9. The lowest BCUT2D eigenvalue weighted by molar-refractivity contribution is 0.0635. The molecule has 27 heavy (non-hydrogen) atoms. The van der Waals surface area contributed by atoms with Gasteiger partial charge in [0.05, 0.1) is 19.0 Å². The molecule has 1 aromatic carbocycles. The smallest absolute Gasteiger partial charge is 0.412 e. The summed E-state index contributed by atoms with van der Waals surface area (Å²) in [5.74, 6) is -0.0664. The molecule has 0 aliphatic rings. The molecule has 0 spiro atoms. The molecule has 144 valence electrons. The van der Waals surface area contributed by atoms with Gasteiger partial charge in [0.25, 0.3) is 5.91 Å². The van der Waals surface area contributed by atoms with E-state index in [1.54, 1.807) is 39.0 Å². The minimum Gasteiger partial charge on any atom is -0.477 e. The standard InChI is InChI=1S/C19H24N4O4/c1-5-26-16-12-20-11-15(23-16)17(24)21-10-13-7-6-8-14(9-13)22-18(25)27-19(2,3)4/h6-9,11-12H,5,10H2,1-4H3,(H,21,24)(H,22,25).